The fourth-order valence-corrected chi connectivity index (χ4v) is 3.57. The van der Waals surface area contributed by atoms with Crippen molar-refractivity contribution >= 4 is 6.09 Å². The first-order valence-electron chi connectivity index (χ1n) is 8.52. The zero-order chi connectivity index (χ0) is 22.5. The van der Waals surface area contributed by atoms with E-state index in [0.717, 1.165) is 12.1 Å². The summed E-state index contributed by atoms with van der Waals surface area (Å²) in [7, 11) is 0. The molecule has 1 aliphatic heterocycles. The van der Waals surface area contributed by atoms with Crippen molar-refractivity contribution in [3.8, 4) is 5.75 Å². The summed E-state index contributed by atoms with van der Waals surface area (Å²) in [6, 6.07) is 4.20. The molecule has 1 saturated heterocycles. The van der Waals surface area contributed by atoms with E-state index >= 15 is 0 Å². The molecule has 13 heteroatoms. The average molecular weight is 451 g/mol. The van der Waals surface area contributed by atoms with Gasteiger partial charge in [-0.2, -0.15) is 39.5 Å². The van der Waals surface area contributed by atoms with Crippen LogP contribution in [0.3, 0.4) is 0 Å². The summed E-state index contributed by atoms with van der Waals surface area (Å²) in [5.41, 5.74) is -1.45. The Labute approximate surface area is 163 Å². The molecule has 0 N–H and O–H groups in total. The Hall–Kier alpha value is -2.34. The highest BCUT2D eigenvalue weighted by Gasteiger charge is 2.62. The third-order valence-corrected chi connectivity index (χ3v) is 4.91. The minimum Gasteiger partial charge on any atom is -0.490 e. The highest BCUT2D eigenvalue weighted by molar-refractivity contribution is 5.69. The van der Waals surface area contributed by atoms with Crippen LogP contribution in [0.25, 0.3) is 0 Å². The number of hydrogen-bond acceptors (Lipinski definition) is 3. The van der Waals surface area contributed by atoms with Crippen LogP contribution < -0.4 is 4.74 Å². The van der Waals surface area contributed by atoms with Crippen LogP contribution in [0.2, 0.25) is 0 Å². The summed E-state index contributed by atoms with van der Waals surface area (Å²) >= 11 is 0. The second-order valence-corrected chi connectivity index (χ2v) is 7.38. The van der Waals surface area contributed by atoms with Gasteiger partial charge in [0.15, 0.2) is 0 Å². The molecule has 1 saturated carbocycles. The van der Waals surface area contributed by atoms with Crippen molar-refractivity contribution in [2.75, 3.05) is 13.1 Å². The van der Waals surface area contributed by atoms with Gasteiger partial charge in [-0.05, 0) is 31.0 Å². The van der Waals surface area contributed by atoms with Crippen molar-refractivity contribution in [3.05, 3.63) is 29.8 Å². The van der Waals surface area contributed by atoms with Gasteiger partial charge in [0.1, 0.15) is 11.9 Å². The third-order valence-electron chi connectivity index (χ3n) is 4.91. The van der Waals surface area contributed by atoms with Crippen LogP contribution in [0, 0.1) is 5.41 Å². The summed E-state index contributed by atoms with van der Waals surface area (Å²) in [6.45, 7) is -0.257. The lowest BCUT2D eigenvalue weighted by Crippen LogP contribution is -2.66. The number of rotatable bonds is 3. The topological polar surface area (TPSA) is 38.8 Å². The molecule has 0 aromatic heterocycles. The molecule has 1 aromatic rings. The third kappa shape index (κ3) is 4.69. The van der Waals surface area contributed by atoms with E-state index in [1.165, 1.54) is 12.1 Å². The molecule has 0 radical (unpaired) electrons. The van der Waals surface area contributed by atoms with Crippen LogP contribution in [0.15, 0.2) is 24.3 Å². The molecule has 1 aromatic carbocycles. The van der Waals surface area contributed by atoms with E-state index in [1.807, 2.05) is 0 Å². The van der Waals surface area contributed by atoms with Crippen molar-refractivity contribution in [2.45, 2.75) is 43.6 Å². The van der Waals surface area contributed by atoms with Gasteiger partial charge in [-0.25, -0.2) is 4.79 Å². The Balaban J connectivity index is 1.49. The molecule has 3 rings (SSSR count). The zero-order valence-electron chi connectivity index (χ0n) is 14.9. The van der Waals surface area contributed by atoms with E-state index in [1.54, 1.807) is 0 Å². The normalized spacial score (nSPS) is 19.5. The first-order chi connectivity index (χ1) is 13.6. The number of nitrogens with zero attached hydrogens (tertiary/aromatic N) is 1. The van der Waals surface area contributed by atoms with E-state index in [-0.39, 0.29) is 31.7 Å². The molecular formula is C17H14F9NO3. The van der Waals surface area contributed by atoms with Crippen molar-refractivity contribution in [2.24, 2.45) is 5.41 Å². The molecule has 1 amide bonds. The van der Waals surface area contributed by atoms with Gasteiger partial charge in [0.2, 0.25) is 0 Å². The van der Waals surface area contributed by atoms with Gasteiger partial charge in [0, 0.05) is 18.5 Å². The largest absolute Gasteiger partial charge is 0.490 e. The van der Waals surface area contributed by atoms with Gasteiger partial charge in [-0.3, -0.25) is 0 Å². The van der Waals surface area contributed by atoms with Crippen LogP contribution in [-0.4, -0.2) is 48.6 Å². The van der Waals surface area contributed by atoms with Gasteiger partial charge in [-0.1, -0.05) is 6.07 Å². The number of carbonyl (C=O) groups excluding carboxylic acids is 1. The number of hydrogen-bond donors (Lipinski definition) is 0. The molecule has 1 heterocycles. The first kappa shape index (κ1) is 22.3. The molecule has 4 nitrogen and oxygen atoms in total. The molecule has 0 unspecified atom stereocenters. The number of likely N-dealkylation sites (tertiary alicyclic amines) is 1. The maximum Gasteiger partial charge on any atom is 0.434 e. The summed E-state index contributed by atoms with van der Waals surface area (Å²) in [5, 5.41) is 0. The maximum absolute atomic E-state index is 12.7. The zero-order valence-corrected chi connectivity index (χ0v) is 14.9. The quantitative estimate of drug-likeness (QED) is 0.595. The minimum atomic E-state index is -5.79. The predicted octanol–water partition coefficient (Wildman–Crippen LogP) is 5.18. The standard InChI is InChI=1S/C17H14F9NO3/c18-15(19,20)9-2-1-3-10(4-9)29-11-5-14(6-11)7-27(8-14)13(28)30-12(16(21,22)23)17(24,25)26/h1-4,11-12H,5-8H2. The highest BCUT2D eigenvalue weighted by Crippen LogP contribution is 2.50. The number of benzene rings is 1. The Bertz CT molecular complexity index is 775. The Morgan fingerprint density at radius 2 is 1.57 bits per heavy atom. The monoisotopic (exact) mass is 451 g/mol. The molecule has 0 bridgehead atoms. The van der Waals surface area contributed by atoms with E-state index in [2.05, 4.69) is 4.74 Å². The van der Waals surface area contributed by atoms with Gasteiger partial charge in [-0.15, -0.1) is 0 Å². The van der Waals surface area contributed by atoms with Gasteiger partial charge in [0.05, 0.1) is 5.56 Å². The van der Waals surface area contributed by atoms with Crippen LogP contribution in [0.5, 0.6) is 5.75 Å². The number of ether oxygens (including phenoxy) is 2. The second-order valence-electron chi connectivity index (χ2n) is 7.38. The van der Waals surface area contributed by atoms with Crippen molar-refractivity contribution in [3.63, 3.8) is 0 Å². The smallest absolute Gasteiger partial charge is 0.434 e. The molecule has 168 valence electrons. The summed E-state index contributed by atoms with van der Waals surface area (Å²) in [6.07, 6.45) is -22.0. The minimum absolute atomic E-state index is 0.0153. The van der Waals surface area contributed by atoms with Crippen LogP contribution in [0.1, 0.15) is 18.4 Å². The molecular weight excluding hydrogens is 437 g/mol. The summed E-state index contributed by atoms with van der Waals surface area (Å²) < 4.78 is 122. The lowest BCUT2D eigenvalue weighted by molar-refractivity contribution is -0.309. The molecule has 1 aliphatic carbocycles. The van der Waals surface area contributed by atoms with Gasteiger partial charge in [0.25, 0.3) is 6.10 Å². The molecule has 0 atom stereocenters. The van der Waals surface area contributed by atoms with Crippen LogP contribution >= 0.6 is 0 Å². The van der Waals surface area contributed by atoms with E-state index in [9.17, 15) is 44.3 Å². The lowest BCUT2D eigenvalue weighted by Gasteiger charge is -2.57. The number of alkyl halides is 9. The van der Waals surface area contributed by atoms with Gasteiger partial charge < -0.3 is 14.4 Å². The fraction of sp³-hybridized carbons (Fsp3) is 0.588. The van der Waals surface area contributed by atoms with Crippen LogP contribution in [-0.2, 0) is 10.9 Å². The van der Waals surface area contributed by atoms with Crippen molar-refractivity contribution in [1.29, 1.82) is 0 Å². The Morgan fingerprint density at radius 1 is 1.00 bits per heavy atom. The predicted molar refractivity (Wildman–Crippen MR) is 81.5 cm³/mol. The number of halogens is 9. The van der Waals surface area contributed by atoms with Gasteiger partial charge >= 0.3 is 24.6 Å². The average Bonchev–Trinajstić information content (AvgIpc) is 2.50. The van der Waals surface area contributed by atoms with E-state index in [4.69, 9.17) is 4.74 Å². The Kier molecular flexibility index (Phi) is 5.30. The first-order valence-corrected chi connectivity index (χ1v) is 8.52. The molecule has 1 spiro atoms. The SMILES string of the molecule is O=C(OC(C(F)(F)F)C(F)(F)F)N1CC2(CC(Oc3cccc(C(F)(F)F)c3)C2)C1. The maximum atomic E-state index is 12.7. The number of carbonyl (C=O) groups is 1. The second kappa shape index (κ2) is 7.12. The highest BCUT2D eigenvalue weighted by atomic mass is 19.4. The molecule has 2 aliphatic rings. The van der Waals surface area contributed by atoms with Crippen molar-refractivity contribution in [1.82, 2.24) is 4.90 Å². The lowest BCUT2D eigenvalue weighted by atomic mass is 9.62. The van der Waals surface area contributed by atoms with Crippen molar-refractivity contribution < 1.29 is 53.8 Å². The Morgan fingerprint density at radius 3 is 2.07 bits per heavy atom. The van der Waals surface area contributed by atoms with Crippen LogP contribution in [0.4, 0.5) is 44.3 Å². The number of amides is 1. The fourth-order valence-electron chi connectivity index (χ4n) is 3.57. The molecule has 30 heavy (non-hydrogen) atoms. The van der Waals surface area contributed by atoms with E-state index in [0.29, 0.717) is 4.90 Å². The van der Waals surface area contributed by atoms with E-state index < -0.39 is 47.8 Å². The summed E-state index contributed by atoms with van der Waals surface area (Å²) in [4.78, 5) is 12.3. The molecule has 2 fully saturated rings. The summed E-state index contributed by atoms with van der Waals surface area (Å²) in [5.74, 6) is -0.0153.